The molecule has 2 fully saturated rings. The Kier molecular flexibility index (Phi) is 5.56. The molecule has 5 rings (SSSR count). The van der Waals surface area contributed by atoms with Crippen LogP contribution in [0.15, 0.2) is 29.1 Å². The van der Waals surface area contributed by atoms with Gasteiger partial charge in [0, 0.05) is 43.9 Å². The highest BCUT2D eigenvalue weighted by Gasteiger charge is 2.33. The number of aromatic nitrogens is 5. The summed E-state index contributed by atoms with van der Waals surface area (Å²) in [4.78, 5) is 20.9. The molecule has 3 aromatic rings. The lowest BCUT2D eigenvalue weighted by molar-refractivity contribution is 0.0878. The van der Waals surface area contributed by atoms with Crippen LogP contribution in [0.1, 0.15) is 35.8 Å². The second kappa shape index (κ2) is 8.49. The molecule has 2 aliphatic heterocycles. The number of likely N-dealkylation sites (N-methyl/N-ethyl adjacent to an activating group) is 1. The highest BCUT2D eigenvalue weighted by atomic mass is 16.5. The first kappa shape index (κ1) is 20.3. The van der Waals surface area contributed by atoms with Gasteiger partial charge in [0.05, 0.1) is 12.6 Å². The van der Waals surface area contributed by atoms with Crippen LogP contribution < -0.4 is 5.56 Å². The van der Waals surface area contributed by atoms with Crippen LogP contribution >= 0.6 is 0 Å². The van der Waals surface area contributed by atoms with Crippen molar-refractivity contribution in [3.05, 3.63) is 51.6 Å². The summed E-state index contributed by atoms with van der Waals surface area (Å²) in [5.74, 6) is 0.706. The third kappa shape index (κ3) is 4.13. The number of H-pyrrole nitrogens is 1. The molecule has 0 aliphatic carbocycles. The van der Waals surface area contributed by atoms with Gasteiger partial charge < -0.3 is 14.6 Å². The largest absolute Gasteiger partial charge is 0.376 e. The smallest absolute Gasteiger partial charge is 0.253 e. The van der Waals surface area contributed by atoms with E-state index in [1.54, 1.807) is 0 Å². The summed E-state index contributed by atoms with van der Waals surface area (Å²) >= 11 is 0. The summed E-state index contributed by atoms with van der Waals surface area (Å²) in [5, 5.41) is 13.7. The van der Waals surface area contributed by atoms with E-state index in [1.807, 2.05) is 22.9 Å². The Morgan fingerprint density at radius 3 is 2.84 bits per heavy atom. The van der Waals surface area contributed by atoms with Crippen molar-refractivity contribution in [2.75, 3.05) is 39.8 Å². The van der Waals surface area contributed by atoms with Crippen LogP contribution in [0, 0.1) is 6.92 Å². The molecule has 2 aliphatic rings. The van der Waals surface area contributed by atoms with E-state index in [9.17, 15) is 4.79 Å². The standard InChI is InChI=1S/C22H29N7O2/c1-15-5-6-19-16(12-15)13-18(22(30)23-19)20(28-9-7-27(2)8-10-28)21-24-25-26-29(21)14-17-4-3-11-31-17/h5-6,12-13,17,20H,3-4,7-11,14H2,1-2H3,(H,23,30)/t17-,20-/m1/s1. The van der Waals surface area contributed by atoms with E-state index in [2.05, 4.69) is 50.3 Å². The number of rotatable bonds is 5. The number of tetrazole rings is 1. The Hall–Kier alpha value is -2.62. The molecule has 9 nitrogen and oxygen atoms in total. The molecule has 1 aromatic carbocycles. The van der Waals surface area contributed by atoms with Gasteiger partial charge in [-0.3, -0.25) is 9.69 Å². The number of nitrogens with zero attached hydrogens (tertiary/aromatic N) is 6. The van der Waals surface area contributed by atoms with Crippen molar-refractivity contribution in [3.8, 4) is 0 Å². The number of aryl methyl sites for hydroxylation is 1. The Balaban J connectivity index is 1.59. The van der Waals surface area contributed by atoms with Gasteiger partial charge in [0.1, 0.15) is 6.04 Å². The van der Waals surface area contributed by atoms with E-state index in [1.165, 1.54) is 0 Å². The third-order valence-corrected chi connectivity index (χ3v) is 6.43. The van der Waals surface area contributed by atoms with Crippen LogP contribution in [0.5, 0.6) is 0 Å². The fraction of sp³-hybridized carbons (Fsp3) is 0.545. The number of pyridine rings is 1. The first-order chi connectivity index (χ1) is 15.1. The molecule has 0 amide bonds. The zero-order valence-electron chi connectivity index (χ0n) is 18.1. The molecule has 0 saturated carbocycles. The molecule has 164 valence electrons. The van der Waals surface area contributed by atoms with Gasteiger partial charge in [0.15, 0.2) is 5.82 Å². The van der Waals surface area contributed by atoms with Gasteiger partial charge in [-0.15, -0.1) is 5.10 Å². The van der Waals surface area contributed by atoms with Gasteiger partial charge in [-0.1, -0.05) is 11.6 Å². The van der Waals surface area contributed by atoms with Crippen LogP contribution in [0.2, 0.25) is 0 Å². The predicted octanol–water partition coefficient (Wildman–Crippen LogP) is 1.34. The highest BCUT2D eigenvalue weighted by Crippen LogP contribution is 2.28. The van der Waals surface area contributed by atoms with Gasteiger partial charge in [-0.2, -0.15) is 0 Å². The molecule has 31 heavy (non-hydrogen) atoms. The van der Waals surface area contributed by atoms with Crippen molar-refractivity contribution in [2.45, 2.75) is 38.5 Å². The minimum Gasteiger partial charge on any atom is -0.376 e. The number of benzene rings is 1. The summed E-state index contributed by atoms with van der Waals surface area (Å²) in [7, 11) is 2.12. The fourth-order valence-corrected chi connectivity index (χ4v) is 4.64. The van der Waals surface area contributed by atoms with Crippen LogP contribution in [-0.2, 0) is 11.3 Å². The predicted molar refractivity (Wildman–Crippen MR) is 117 cm³/mol. The Labute approximate surface area is 181 Å². The lowest BCUT2D eigenvalue weighted by Crippen LogP contribution is -2.47. The molecule has 2 atom stereocenters. The molecule has 1 N–H and O–H groups in total. The van der Waals surface area contributed by atoms with Gasteiger partial charge >= 0.3 is 0 Å². The lowest BCUT2D eigenvalue weighted by atomic mass is 10.0. The quantitative estimate of drug-likeness (QED) is 0.662. The Morgan fingerprint density at radius 2 is 2.06 bits per heavy atom. The maximum Gasteiger partial charge on any atom is 0.253 e. The van der Waals surface area contributed by atoms with E-state index in [4.69, 9.17) is 4.74 Å². The molecule has 0 bridgehead atoms. The van der Waals surface area contributed by atoms with E-state index < -0.39 is 0 Å². The minimum absolute atomic E-state index is 0.0908. The second-order valence-corrected chi connectivity index (χ2v) is 8.74. The van der Waals surface area contributed by atoms with Crippen molar-refractivity contribution in [1.82, 2.24) is 35.0 Å². The van der Waals surface area contributed by atoms with Gasteiger partial charge in [-0.05, 0) is 60.8 Å². The molecular formula is C22H29N7O2. The van der Waals surface area contributed by atoms with Crippen LogP contribution in [0.25, 0.3) is 10.9 Å². The molecule has 9 heteroatoms. The Morgan fingerprint density at radius 1 is 1.23 bits per heavy atom. The monoisotopic (exact) mass is 423 g/mol. The fourth-order valence-electron chi connectivity index (χ4n) is 4.64. The topological polar surface area (TPSA) is 92.2 Å². The second-order valence-electron chi connectivity index (χ2n) is 8.74. The number of hydrogen-bond acceptors (Lipinski definition) is 7. The van der Waals surface area contributed by atoms with Gasteiger partial charge in [-0.25, -0.2) is 4.68 Å². The SMILES string of the molecule is Cc1ccc2[nH]c(=O)c([C@H](c3nnnn3C[C@H]3CCCO3)N3CCN(C)CC3)cc2c1. The van der Waals surface area contributed by atoms with Gasteiger partial charge in [0.25, 0.3) is 5.56 Å². The molecule has 2 aromatic heterocycles. The average Bonchev–Trinajstić information content (AvgIpc) is 3.43. The molecular weight excluding hydrogens is 394 g/mol. The van der Waals surface area contributed by atoms with Crippen molar-refractivity contribution < 1.29 is 4.74 Å². The van der Waals surface area contributed by atoms with Crippen LogP contribution in [0.3, 0.4) is 0 Å². The third-order valence-electron chi connectivity index (χ3n) is 6.43. The number of fused-ring (bicyclic) bond motifs is 1. The average molecular weight is 424 g/mol. The highest BCUT2D eigenvalue weighted by molar-refractivity contribution is 5.79. The number of hydrogen-bond donors (Lipinski definition) is 1. The maximum atomic E-state index is 13.2. The van der Waals surface area contributed by atoms with E-state index in [-0.39, 0.29) is 17.7 Å². The van der Waals surface area contributed by atoms with E-state index in [0.29, 0.717) is 17.9 Å². The number of aromatic amines is 1. The summed E-state index contributed by atoms with van der Waals surface area (Å²) in [6.07, 6.45) is 2.19. The van der Waals surface area contributed by atoms with Crippen LogP contribution in [-0.4, -0.2) is 80.9 Å². The molecule has 0 spiro atoms. The van der Waals surface area contributed by atoms with Crippen molar-refractivity contribution >= 4 is 10.9 Å². The van der Waals surface area contributed by atoms with Crippen LogP contribution in [0.4, 0.5) is 0 Å². The molecule has 4 heterocycles. The van der Waals surface area contributed by atoms with Crippen molar-refractivity contribution in [3.63, 3.8) is 0 Å². The zero-order chi connectivity index (χ0) is 21.4. The Bertz CT molecular complexity index is 1110. The zero-order valence-corrected chi connectivity index (χ0v) is 18.1. The summed E-state index contributed by atoms with van der Waals surface area (Å²) in [6.45, 7) is 7.02. The number of ether oxygens (including phenoxy) is 1. The summed E-state index contributed by atoms with van der Waals surface area (Å²) < 4.78 is 7.65. The maximum absolute atomic E-state index is 13.2. The normalized spacial score (nSPS) is 21.7. The van der Waals surface area contributed by atoms with E-state index in [0.717, 1.165) is 62.1 Å². The van der Waals surface area contributed by atoms with Gasteiger partial charge in [0.2, 0.25) is 0 Å². The summed E-state index contributed by atoms with van der Waals surface area (Å²) in [5.41, 5.74) is 2.60. The number of nitrogens with one attached hydrogen (secondary N) is 1. The summed E-state index contributed by atoms with van der Waals surface area (Å²) in [6, 6.07) is 7.78. The van der Waals surface area contributed by atoms with E-state index >= 15 is 0 Å². The molecule has 2 saturated heterocycles. The first-order valence-electron chi connectivity index (χ1n) is 11.0. The van der Waals surface area contributed by atoms with Crippen molar-refractivity contribution in [1.29, 1.82) is 0 Å². The number of piperazine rings is 1. The lowest BCUT2D eigenvalue weighted by Gasteiger charge is -2.37. The van der Waals surface area contributed by atoms with Crippen molar-refractivity contribution in [2.24, 2.45) is 0 Å². The first-order valence-corrected chi connectivity index (χ1v) is 11.0. The molecule has 0 unspecified atom stereocenters. The minimum atomic E-state index is -0.307. The molecule has 0 radical (unpaired) electrons.